The second-order valence-corrected chi connectivity index (χ2v) is 5.97. The largest absolute Gasteiger partial charge is 0.465 e. The zero-order chi connectivity index (χ0) is 14.7. The van der Waals surface area contributed by atoms with Gasteiger partial charge in [0.25, 0.3) is 0 Å². The Morgan fingerprint density at radius 1 is 1.40 bits per heavy atom. The lowest BCUT2D eigenvalue weighted by Crippen LogP contribution is -2.51. The molecule has 20 heavy (non-hydrogen) atoms. The van der Waals surface area contributed by atoms with E-state index in [0.717, 1.165) is 37.3 Å². The van der Waals surface area contributed by atoms with Crippen LogP contribution in [-0.2, 0) is 4.79 Å². The number of likely N-dealkylation sites (N-methyl/N-ethyl adjacent to an activating group) is 1. The molecule has 2 amide bonds. The summed E-state index contributed by atoms with van der Waals surface area (Å²) in [5, 5.41) is 15.5. The average Bonchev–Trinajstić information content (AvgIpc) is 3.00. The van der Waals surface area contributed by atoms with Crippen LogP contribution in [0.25, 0.3) is 0 Å². The molecule has 2 fully saturated rings. The van der Waals surface area contributed by atoms with Gasteiger partial charge in [-0.2, -0.15) is 0 Å². The van der Waals surface area contributed by atoms with Gasteiger partial charge in [0.1, 0.15) is 6.04 Å². The third kappa shape index (κ3) is 3.06. The quantitative estimate of drug-likeness (QED) is 0.699. The van der Waals surface area contributed by atoms with Crippen molar-refractivity contribution in [2.45, 2.75) is 44.7 Å². The van der Waals surface area contributed by atoms with Crippen LogP contribution in [0.2, 0.25) is 0 Å². The maximum Gasteiger partial charge on any atom is 0.407 e. The Morgan fingerprint density at radius 2 is 2.15 bits per heavy atom. The predicted molar refractivity (Wildman–Crippen MR) is 75.5 cm³/mol. The number of fused-ring (bicyclic) bond motifs is 1. The van der Waals surface area contributed by atoms with E-state index < -0.39 is 12.1 Å². The van der Waals surface area contributed by atoms with Crippen LogP contribution in [0.1, 0.15) is 32.6 Å². The summed E-state index contributed by atoms with van der Waals surface area (Å²) >= 11 is 0. The van der Waals surface area contributed by atoms with E-state index in [2.05, 4.69) is 10.6 Å². The van der Waals surface area contributed by atoms with Crippen LogP contribution in [0.3, 0.4) is 0 Å². The lowest BCUT2D eigenvalue weighted by Gasteiger charge is -2.27. The van der Waals surface area contributed by atoms with Crippen molar-refractivity contribution >= 4 is 12.0 Å². The first-order valence-electron chi connectivity index (χ1n) is 7.51. The highest BCUT2D eigenvalue weighted by atomic mass is 16.4. The van der Waals surface area contributed by atoms with Gasteiger partial charge in [-0.05, 0) is 37.6 Å². The number of carbonyl (C=O) groups is 2. The number of carbonyl (C=O) groups excluding carboxylic acids is 1. The molecule has 0 radical (unpaired) electrons. The molecule has 1 heterocycles. The highest BCUT2D eigenvalue weighted by molar-refractivity contribution is 5.85. The molecule has 0 bridgehead atoms. The van der Waals surface area contributed by atoms with E-state index in [1.54, 1.807) is 0 Å². The van der Waals surface area contributed by atoms with Crippen molar-refractivity contribution < 1.29 is 14.7 Å². The molecule has 114 valence electrons. The number of rotatable bonds is 5. The summed E-state index contributed by atoms with van der Waals surface area (Å²) in [6.45, 7) is 3.97. The molecule has 0 unspecified atom stereocenters. The molecule has 0 spiro atoms. The van der Waals surface area contributed by atoms with Crippen LogP contribution in [0.4, 0.5) is 4.79 Å². The number of nitrogens with one attached hydrogen (secondary N) is 2. The van der Waals surface area contributed by atoms with Crippen LogP contribution in [0, 0.1) is 11.8 Å². The fraction of sp³-hybridized carbons (Fsp3) is 0.857. The first-order valence-corrected chi connectivity index (χ1v) is 7.51. The van der Waals surface area contributed by atoms with E-state index in [1.165, 1.54) is 7.05 Å². The van der Waals surface area contributed by atoms with Crippen molar-refractivity contribution in [2.24, 2.45) is 11.8 Å². The zero-order valence-corrected chi connectivity index (χ0v) is 12.3. The molecule has 4 atom stereocenters. The van der Waals surface area contributed by atoms with Gasteiger partial charge in [-0.3, -0.25) is 9.69 Å². The van der Waals surface area contributed by atoms with Crippen molar-refractivity contribution in [1.82, 2.24) is 15.5 Å². The lowest BCUT2D eigenvalue weighted by atomic mass is 9.97. The van der Waals surface area contributed by atoms with Crippen molar-refractivity contribution in [2.75, 3.05) is 20.1 Å². The molecule has 0 aromatic heterocycles. The molecule has 3 N–H and O–H groups in total. The third-order valence-electron chi connectivity index (χ3n) is 4.72. The molecule has 0 aromatic rings. The Bertz CT molecular complexity index is 375. The Kier molecular flexibility index (Phi) is 4.86. The SMILES string of the molecule is CCC[C@@H](C(=O)N[C@H]1CC[C@@H]2CNC[C@@H]21)N(C)C(=O)O. The van der Waals surface area contributed by atoms with E-state index in [4.69, 9.17) is 5.11 Å². The molecule has 1 saturated carbocycles. The van der Waals surface area contributed by atoms with Crippen LogP contribution in [0.5, 0.6) is 0 Å². The maximum atomic E-state index is 12.4. The molecule has 1 saturated heterocycles. The van der Waals surface area contributed by atoms with Gasteiger partial charge in [-0.15, -0.1) is 0 Å². The number of hydrogen-bond acceptors (Lipinski definition) is 3. The molecule has 2 rings (SSSR count). The van der Waals surface area contributed by atoms with E-state index in [1.807, 2.05) is 6.92 Å². The van der Waals surface area contributed by atoms with Crippen molar-refractivity contribution in [3.05, 3.63) is 0 Å². The van der Waals surface area contributed by atoms with E-state index >= 15 is 0 Å². The Morgan fingerprint density at radius 3 is 2.80 bits per heavy atom. The van der Waals surface area contributed by atoms with Gasteiger partial charge in [0, 0.05) is 19.6 Å². The Hall–Kier alpha value is -1.30. The summed E-state index contributed by atoms with van der Waals surface area (Å²) < 4.78 is 0. The van der Waals surface area contributed by atoms with E-state index in [-0.39, 0.29) is 11.9 Å². The number of amides is 2. The fourth-order valence-corrected chi connectivity index (χ4v) is 3.51. The van der Waals surface area contributed by atoms with Crippen LogP contribution < -0.4 is 10.6 Å². The number of hydrogen-bond donors (Lipinski definition) is 3. The van der Waals surface area contributed by atoms with Gasteiger partial charge >= 0.3 is 6.09 Å². The number of nitrogens with zero attached hydrogens (tertiary/aromatic N) is 1. The van der Waals surface area contributed by atoms with Gasteiger partial charge in [0.05, 0.1) is 0 Å². The minimum atomic E-state index is -1.05. The van der Waals surface area contributed by atoms with Gasteiger partial charge in [-0.25, -0.2) is 4.79 Å². The summed E-state index contributed by atoms with van der Waals surface area (Å²) in [4.78, 5) is 24.6. The topological polar surface area (TPSA) is 81.7 Å². The second kappa shape index (κ2) is 6.43. The summed E-state index contributed by atoms with van der Waals surface area (Å²) in [6, 6.07) is -0.380. The molecule has 6 nitrogen and oxygen atoms in total. The van der Waals surface area contributed by atoms with E-state index in [9.17, 15) is 9.59 Å². The zero-order valence-electron chi connectivity index (χ0n) is 12.3. The minimum Gasteiger partial charge on any atom is -0.465 e. The first-order chi connectivity index (χ1) is 9.54. The van der Waals surface area contributed by atoms with Gasteiger partial charge in [0.2, 0.25) is 5.91 Å². The normalized spacial score (nSPS) is 29.8. The molecular weight excluding hydrogens is 258 g/mol. The van der Waals surface area contributed by atoms with Crippen molar-refractivity contribution in [3.8, 4) is 0 Å². The van der Waals surface area contributed by atoms with Gasteiger partial charge in [-0.1, -0.05) is 13.3 Å². The molecule has 1 aliphatic carbocycles. The standard InChI is InChI=1S/C14H25N3O3/c1-3-4-12(17(2)14(19)20)13(18)16-11-6-5-9-7-15-8-10(9)11/h9-12,15H,3-8H2,1-2H3,(H,16,18)(H,19,20)/t9-,10+,11+,12+/m1/s1. The second-order valence-electron chi connectivity index (χ2n) is 5.97. The smallest absolute Gasteiger partial charge is 0.407 e. The molecule has 1 aliphatic heterocycles. The molecule has 2 aliphatic rings. The van der Waals surface area contributed by atoms with E-state index in [0.29, 0.717) is 18.3 Å². The molecule has 6 heteroatoms. The fourth-order valence-electron chi connectivity index (χ4n) is 3.51. The molecule has 0 aromatic carbocycles. The van der Waals surface area contributed by atoms with Crippen molar-refractivity contribution in [1.29, 1.82) is 0 Å². The predicted octanol–water partition coefficient (Wildman–Crippen LogP) is 0.879. The maximum absolute atomic E-state index is 12.4. The average molecular weight is 283 g/mol. The first kappa shape index (κ1) is 15.1. The van der Waals surface area contributed by atoms with Crippen LogP contribution >= 0.6 is 0 Å². The third-order valence-corrected chi connectivity index (χ3v) is 4.72. The van der Waals surface area contributed by atoms with Gasteiger partial charge in [0.15, 0.2) is 0 Å². The minimum absolute atomic E-state index is 0.144. The highest BCUT2D eigenvalue weighted by Gasteiger charge is 2.40. The monoisotopic (exact) mass is 283 g/mol. The lowest BCUT2D eigenvalue weighted by molar-refractivity contribution is -0.126. The summed E-state index contributed by atoms with van der Waals surface area (Å²) in [6.07, 6.45) is 2.46. The Labute approximate surface area is 119 Å². The molecular formula is C14H25N3O3. The summed E-state index contributed by atoms with van der Waals surface area (Å²) in [5.41, 5.74) is 0. The number of carboxylic acid groups (broad SMARTS) is 1. The summed E-state index contributed by atoms with van der Waals surface area (Å²) in [5.74, 6) is 1.03. The van der Waals surface area contributed by atoms with Crippen molar-refractivity contribution in [3.63, 3.8) is 0 Å². The Balaban J connectivity index is 1.96. The summed E-state index contributed by atoms with van der Waals surface area (Å²) in [7, 11) is 1.47. The highest BCUT2D eigenvalue weighted by Crippen LogP contribution is 2.34. The van der Waals surface area contributed by atoms with Gasteiger partial charge < -0.3 is 15.7 Å². The van der Waals surface area contributed by atoms with Crippen LogP contribution in [0.15, 0.2) is 0 Å². The van der Waals surface area contributed by atoms with Crippen LogP contribution in [-0.4, -0.2) is 54.2 Å².